The van der Waals surface area contributed by atoms with E-state index in [9.17, 15) is 23.1 Å². The molecule has 0 unspecified atom stereocenters. The number of hydrogen-bond acceptors (Lipinski definition) is 5. The zero-order valence-electron chi connectivity index (χ0n) is 17.3. The van der Waals surface area contributed by atoms with E-state index in [0.29, 0.717) is 41.6 Å². The van der Waals surface area contributed by atoms with E-state index in [1.54, 1.807) is 19.2 Å². The fraction of sp³-hybridized carbons (Fsp3) is 0.227. The lowest BCUT2D eigenvalue weighted by Gasteiger charge is -2.26. The minimum atomic E-state index is -4.78. The van der Waals surface area contributed by atoms with Crippen molar-refractivity contribution in [3.8, 4) is 11.5 Å². The van der Waals surface area contributed by atoms with Crippen LogP contribution in [-0.4, -0.2) is 52.2 Å². The molecule has 4 rings (SSSR count). The van der Waals surface area contributed by atoms with E-state index in [2.05, 4.69) is 25.6 Å². The number of anilines is 1. The Labute approximate surface area is 186 Å². The van der Waals surface area contributed by atoms with Crippen molar-refractivity contribution >= 4 is 29.1 Å². The minimum absolute atomic E-state index is 0.0336. The molecule has 0 bridgehead atoms. The van der Waals surface area contributed by atoms with Crippen molar-refractivity contribution in [1.29, 1.82) is 0 Å². The van der Waals surface area contributed by atoms with Gasteiger partial charge in [0.2, 0.25) is 5.76 Å². The molecule has 170 valence electrons. The standard InChI is InChI=1S/C22H17F3N4O4/c1-13-11-27-20(32-13)15-10-18(30)19(26-12-15)14-6-8-29(9-7-14)21(31)28-16-2-4-17(5-3-16)33-22(23,24)25/h2-6,10,12H,7-9H2,1H3,(H-,28,30,31)/p+1. The largest absolute Gasteiger partial charge is 0.573 e. The lowest BCUT2D eigenvalue weighted by molar-refractivity contribution is -0.274. The SMILES string of the molecule is CC1=C=[N+]=C(c2cnc(C3=CCN(C(=O)Nc4ccc(OC(F)(F)F)cc4)CC3)c(O)c2)O1. The Hall–Kier alpha value is -4.20. The number of ether oxygens (including phenoxy) is 2. The van der Waals surface area contributed by atoms with Gasteiger partial charge in [0.05, 0.1) is 0 Å². The molecule has 0 radical (unpaired) electrons. The number of alkyl halides is 3. The summed E-state index contributed by atoms with van der Waals surface area (Å²) in [5.41, 5.74) is 2.04. The number of carbonyl (C=O) groups excluding carboxylic acids is 1. The Kier molecular flexibility index (Phi) is 5.83. The normalized spacial score (nSPS) is 15.4. The summed E-state index contributed by atoms with van der Waals surface area (Å²) in [4.78, 5) is 18.3. The van der Waals surface area contributed by atoms with Crippen LogP contribution in [0.15, 0.2) is 48.4 Å². The molecule has 8 nitrogen and oxygen atoms in total. The number of pyridine rings is 1. The molecule has 0 saturated heterocycles. The first kappa shape index (κ1) is 22.0. The molecule has 0 fully saturated rings. The summed E-state index contributed by atoms with van der Waals surface area (Å²) >= 11 is 0. The zero-order chi connectivity index (χ0) is 23.6. The number of aromatic nitrogens is 1. The van der Waals surface area contributed by atoms with Gasteiger partial charge in [-0.25, -0.2) is 4.79 Å². The van der Waals surface area contributed by atoms with E-state index in [4.69, 9.17) is 4.74 Å². The number of aromatic hydroxyl groups is 1. The number of benzene rings is 1. The highest BCUT2D eigenvalue weighted by Gasteiger charge is 2.31. The van der Waals surface area contributed by atoms with E-state index in [0.717, 1.165) is 17.7 Å². The lowest BCUT2D eigenvalue weighted by atomic mass is 10.0. The van der Waals surface area contributed by atoms with Gasteiger partial charge in [0.1, 0.15) is 22.8 Å². The molecule has 2 N–H and O–H groups in total. The number of halogens is 3. The number of nitrogens with zero attached hydrogens (tertiary/aromatic N) is 3. The molecule has 11 heteroatoms. The van der Waals surface area contributed by atoms with Gasteiger partial charge in [-0.3, -0.25) is 4.98 Å². The summed E-state index contributed by atoms with van der Waals surface area (Å²) in [5, 5.41) is 13.0. The Bertz CT molecular complexity index is 1230. The van der Waals surface area contributed by atoms with Crippen molar-refractivity contribution < 1.29 is 32.5 Å². The molecule has 0 atom stereocenters. The molecule has 0 saturated carbocycles. The van der Waals surface area contributed by atoms with Crippen molar-refractivity contribution in [3.05, 3.63) is 59.6 Å². The quantitative estimate of drug-likeness (QED) is 0.683. The van der Waals surface area contributed by atoms with Crippen LogP contribution >= 0.6 is 0 Å². The molecular weight excluding hydrogens is 441 g/mol. The first-order valence-electron chi connectivity index (χ1n) is 9.83. The molecule has 2 aromatic rings. The van der Waals surface area contributed by atoms with Gasteiger partial charge in [-0.15, -0.1) is 13.2 Å². The van der Waals surface area contributed by atoms with Gasteiger partial charge in [0.15, 0.2) is 0 Å². The van der Waals surface area contributed by atoms with Crippen LogP contribution in [0.25, 0.3) is 5.57 Å². The fourth-order valence-electron chi connectivity index (χ4n) is 3.27. The molecule has 33 heavy (non-hydrogen) atoms. The summed E-state index contributed by atoms with van der Waals surface area (Å²) < 4.78 is 49.9. The summed E-state index contributed by atoms with van der Waals surface area (Å²) in [6.07, 6.45) is -0.995. The maximum absolute atomic E-state index is 12.5. The van der Waals surface area contributed by atoms with Crippen LogP contribution in [0.1, 0.15) is 24.6 Å². The number of amides is 2. The van der Waals surface area contributed by atoms with E-state index in [-0.39, 0.29) is 18.0 Å². The van der Waals surface area contributed by atoms with Crippen molar-refractivity contribution in [1.82, 2.24) is 14.6 Å². The third kappa shape index (κ3) is 5.35. The van der Waals surface area contributed by atoms with E-state index in [1.165, 1.54) is 23.1 Å². The molecule has 2 aliphatic rings. The van der Waals surface area contributed by atoms with Crippen LogP contribution in [0.3, 0.4) is 0 Å². The first-order chi connectivity index (χ1) is 15.7. The maximum Gasteiger partial charge on any atom is 0.573 e. The molecule has 0 aliphatic carbocycles. The van der Waals surface area contributed by atoms with Crippen molar-refractivity contribution in [2.45, 2.75) is 19.7 Å². The van der Waals surface area contributed by atoms with Crippen LogP contribution in [0.5, 0.6) is 11.5 Å². The molecule has 2 aliphatic heterocycles. The number of hydrogen-bond donors (Lipinski definition) is 2. The minimum Gasteiger partial charge on any atom is -0.506 e. The Morgan fingerprint density at radius 1 is 1.33 bits per heavy atom. The summed E-state index contributed by atoms with van der Waals surface area (Å²) in [6, 6.07) is 5.98. The van der Waals surface area contributed by atoms with Crippen LogP contribution in [0, 0.1) is 0 Å². The summed E-state index contributed by atoms with van der Waals surface area (Å²) in [5.74, 6) is 3.10. The number of urea groups is 1. The number of rotatable bonds is 4. The molecule has 2 amide bonds. The van der Waals surface area contributed by atoms with Crippen LogP contribution in [0.2, 0.25) is 0 Å². The summed E-state index contributed by atoms with van der Waals surface area (Å²) in [6.45, 7) is 2.35. The predicted molar refractivity (Wildman–Crippen MR) is 114 cm³/mol. The summed E-state index contributed by atoms with van der Waals surface area (Å²) in [7, 11) is 0. The smallest absolute Gasteiger partial charge is 0.506 e. The highest BCUT2D eigenvalue weighted by atomic mass is 19.4. The van der Waals surface area contributed by atoms with E-state index in [1.807, 2.05) is 0 Å². The van der Waals surface area contributed by atoms with Gasteiger partial charge in [-0.1, -0.05) is 6.08 Å². The second kappa shape index (κ2) is 8.74. The van der Waals surface area contributed by atoms with E-state index < -0.39 is 12.4 Å². The lowest BCUT2D eigenvalue weighted by Crippen LogP contribution is -2.37. The predicted octanol–water partition coefficient (Wildman–Crippen LogP) is 3.42. The molecular formula is C22H18F3N4O4+. The van der Waals surface area contributed by atoms with Gasteiger partial charge in [-0.05, 0) is 36.3 Å². The molecule has 1 aromatic heterocycles. The molecule has 1 aromatic carbocycles. The number of allylic oxidation sites excluding steroid dienone is 1. The first-order valence-corrected chi connectivity index (χ1v) is 9.83. The highest BCUT2D eigenvalue weighted by Crippen LogP contribution is 2.29. The van der Waals surface area contributed by atoms with Crippen molar-refractivity contribution in [2.75, 3.05) is 18.4 Å². The average molecular weight is 459 g/mol. The van der Waals surface area contributed by atoms with Gasteiger partial charge in [-0.2, -0.15) is 0 Å². The Morgan fingerprint density at radius 3 is 2.67 bits per heavy atom. The molecule has 0 spiro atoms. The zero-order valence-corrected chi connectivity index (χ0v) is 17.3. The Balaban J connectivity index is 1.37. The number of carbonyl (C=O) groups is 1. The van der Waals surface area contributed by atoms with E-state index >= 15 is 0 Å². The van der Waals surface area contributed by atoms with Crippen LogP contribution in [0.4, 0.5) is 23.7 Å². The third-order valence-electron chi connectivity index (χ3n) is 4.82. The average Bonchev–Trinajstić information content (AvgIpc) is 3.20. The highest BCUT2D eigenvalue weighted by molar-refractivity contribution is 5.98. The fourth-order valence-corrected chi connectivity index (χ4v) is 3.27. The van der Waals surface area contributed by atoms with Crippen LogP contribution < -0.4 is 14.7 Å². The monoisotopic (exact) mass is 459 g/mol. The van der Waals surface area contributed by atoms with Crippen LogP contribution in [-0.2, 0) is 4.74 Å². The Morgan fingerprint density at radius 2 is 2.09 bits per heavy atom. The second-order valence-electron chi connectivity index (χ2n) is 7.21. The van der Waals surface area contributed by atoms with Crippen molar-refractivity contribution in [2.24, 2.45) is 0 Å². The van der Waals surface area contributed by atoms with Gasteiger partial charge in [0.25, 0.3) is 0 Å². The number of nitrogens with one attached hydrogen (secondary N) is 1. The molecule has 3 heterocycles. The van der Waals surface area contributed by atoms with Crippen molar-refractivity contribution in [3.63, 3.8) is 0 Å². The van der Waals surface area contributed by atoms with Gasteiger partial charge >= 0.3 is 24.2 Å². The third-order valence-corrected chi connectivity index (χ3v) is 4.82. The second-order valence-corrected chi connectivity index (χ2v) is 7.21. The topological polar surface area (TPSA) is 98.0 Å². The maximum atomic E-state index is 12.5. The van der Waals surface area contributed by atoms with Gasteiger partial charge < -0.3 is 24.8 Å². The van der Waals surface area contributed by atoms with Gasteiger partial charge in [0, 0.05) is 42.6 Å².